The van der Waals surface area contributed by atoms with Crippen LogP contribution in [0.5, 0.6) is 0 Å². The van der Waals surface area contributed by atoms with Gasteiger partial charge in [0, 0.05) is 6.54 Å². The van der Waals surface area contributed by atoms with Crippen molar-refractivity contribution in [3.05, 3.63) is 18.4 Å². The lowest BCUT2D eigenvalue weighted by molar-refractivity contribution is -0.133. The van der Waals surface area contributed by atoms with E-state index < -0.39 is 12.6 Å². The zero-order chi connectivity index (χ0) is 9.73. The van der Waals surface area contributed by atoms with E-state index >= 15 is 0 Å². The van der Waals surface area contributed by atoms with Crippen LogP contribution in [0.4, 0.5) is 13.2 Å². The molecule has 1 heterocycles. The van der Waals surface area contributed by atoms with Gasteiger partial charge in [-0.05, 0) is 0 Å². The van der Waals surface area contributed by atoms with E-state index in [1.807, 2.05) is 0 Å². The van der Waals surface area contributed by atoms with Crippen LogP contribution in [0.3, 0.4) is 0 Å². The van der Waals surface area contributed by atoms with Gasteiger partial charge in [-0.15, -0.1) is 0 Å². The Morgan fingerprint density at radius 3 is 2.77 bits per heavy atom. The Kier molecular flexibility index (Phi) is 3.30. The maximum Gasteiger partial charge on any atom is 0.390 e. The highest BCUT2D eigenvalue weighted by atomic mass is 19.4. The molecule has 0 saturated carbocycles. The third-order valence-corrected chi connectivity index (χ3v) is 1.37. The highest BCUT2D eigenvalue weighted by Crippen LogP contribution is 2.18. The number of alkyl halides is 3. The summed E-state index contributed by atoms with van der Waals surface area (Å²) in [6, 6.07) is 0. The molecule has 0 unspecified atom stereocenters. The van der Waals surface area contributed by atoms with E-state index in [4.69, 9.17) is 4.42 Å². The van der Waals surface area contributed by atoms with E-state index in [9.17, 15) is 13.2 Å². The molecule has 0 aliphatic carbocycles. The van der Waals surface area contributed by atoms with Crippen LogP contribution in [0.2, 0.25) is 0 Å². The first kappa shape index (κ1) is 10.0. The lowest BCUT2D eigenvalue weighted by atomic mass is 10.4. The summed E-state index contributed by atoms with van der Waals surface area (Å²) in [7, 11) is 0. The molecular formula is C7H9F3N2O. The van der Waals surface area contributed by atoms with Crippen molar-refractivity contribution in [2.75, 3.05) is 6.54 Å². The van der Waals surface area contributed by atoms with Crippen LogP contribution in [0.25, 0.3) is 0 Å². The maximum atomic E-state index is 11.6. The fourth-order valence-electron chi connectivity index (χ4n) is 0.771. The predicted molar refractivity (Wildman–Crippen MR) is 38.9 cm³/mol. The predicted octanol–water partition coefficient (Wildman–Crippen LogP) is 1.72. The van der Waals surface area contributed by atoms with Crippen molar-refractivity contribution in [1.82, 2.24) is 10.3 Å². The molecule has 1 aromatic rings. The van der Waals surface area contributed by atoms with Crippen LogP contribution in [0.15, 0.2) is 17.0 Å². The minimum Gasteiger partial charge on any atom is -0.447 e. The van der Waals surface area contributed by atoms with Gasteiger partial charge in [-0.2, -0.15) is 13.2 Å². The Bertz CT molecular complexity index is 232. The van der Waals surface area contributed by atoms with Crippen molar-refractivity contribution in [1.29, 1.82) is 0 Å². The number of oxazole rings is 1. The Hall–Kier alpha value is -1.04. The van der Waals surface area contributed by atoms with Crippen molar-refractivity contribution >= 4 is 0 Å². The molecule has 0 amide bonds. The van der Waals surface area contributed by atoms with Crippen LogP contribution in [-0.2, 0) is 6.54 Å². The number of halogens is 3. The third kappa shape index (κ3) is 4.51. The largest absolute Gasteiger partial charge is 0.447 e. The molecule has 6 heteroatoms. The summed E-state index contributed by atoms with van der Waals surface area (Å²) < 4.78 is 39.7. The van der Waals surface area contributed by atoms with E-state index in [0.29, 0.717) is 5.76 Å². The van der Waals surface area contributed by atoms with Gasteiger partial charge in [-0.25, -0.2) is 4.98 Å². The van der Waals surface area contributed by atoms with Gasteiger partial charge >= 0.3 is 6.18 Å². The fraction of sp³-hybridized carbons (Fsp3) is 0.571. The Balaban J connectivity index is 2.09. The van der Waals surface area contributed by atoms with Gasteiger partial charge in [0.25, 0.3) is 0 Å². The minimum atomic E-state index is -4.10. The molecule has 0 aromatic carbocycles. The molecule has 0 aliphatic rings. The summed E-state index contributed by atoms with van der Waals surface area (Å²) in [5, 5.41) is 2.59. The van der Waals surface area contributed by atoms with Gasteiger partial charge in [-0.3, -0.25) is 0 Å². The van der Waals surface area contributed by atoms with E-state index in [0.717, 1.165) is 0 Å². The summed E-state index contributed by atoms with van der Waals surface area (Å²) in [5.41, 5.74) is 0. The Labute approximate surface area is 73.0 Å². The SMILES string of the molecule is FC(F)(F)CCNCc1cnco1. The lowest BCUT2D eigenvalue weighted by Gasteiger charge is -2.05. The molecule has 3 nitrogen and oxygen atoms in total. The number of rotatable bonds is 4. The molecule has 0 atom stereocenters. The second-order valence-electron chi connectivity index (χ2n) is 2.51. The molecule has 0 fully saturated rings. The van der Waals surface area contributed by atoms with E-state index in [2.05, 4.69) is 10.3 Å². The summed E-state index contributed by atoms with van der Waals surface area (Å²) in [6.45, 7) is 0.167. The summed E-state index contributed by atoms with van der Waals surface area (Å²) >= 11 is 0. The van der Waals surface area contributed by atoms with Crippen molar-refractivity contribution in [2.24, 2.45) is 0 Å². The zero-order valence-corrected chi connectivity index (χ0v) is 6.77. The molecule has 13 heavy (non-hydrogen) atoms. The number of hydrogen-bond acceptors (Lipinski definition) is 3. The highest BCUT2D eigenvalue weighted by molar-refractivity contribution is 4.86. The van der Waals surface area contributed by atoms with Gasteiger partial charge in [0.05, 0.1) is 19.2 Å². The maximum absolute atomic E-state index is 11.6. The van der Waals surface area contributed by atoms with Crippen LogP contribution >= 0.6 is 0 Å². The molecule has 0 spiro atoms. The molecule has 1 rings (SSSR count). The van der Waals surface area contributed by atoms with Gasteiger partial charge in [0.15, 0.2) is 6.39 Å². The van der Waals surface area contributed by atoms with Crippen molar-refractivity contribution in [3.8, 4) is 0 Å². The minimum absolute atomic E-state index is 0.107. The highest BCUT2D eigenvalue weighted by Gasteiger charge is 2.25. The van der Waals surface area contributed by atoms with Crippen LogP contribution < -0.4 is 5.32 Å². The Morgan fingerprint density at radius 1 is 1.46 bits per heavy atom. The van der Waals surface area contributed by atoms with Crippen LogP contribution in [0, 0.1) is 0 Å². The molecule has 0 saturated heterocycles. The Morgan fingerprint density at radius 2 is 2.23 bits per heavy atom. The second-order valence-corrected chi connectivity index (χ2v) is 2.51. The normalized spacial score (nSPS) is 11.9. The number of nitrogens with zero attached hydrogens (tertiary/aromatic N) is 1. The third-order valence-electron chi connectivity index (χ3n) is 1.37. The van der Waals surface area contributed by atoms with Crippen LogP contribution in [0.1, 0.15) is 12.2 Å². The van der Waals surface area contributed by atoms with Crippen molar-refractivity contribution in [2.45, 2.75) is 19.1 Å². The second kappa shape index (κ2) is 4.27. The number of aromatic nitrogens is 1. The summed E-state index contributed by atoms with van der Waals surface area (Å²) in [6.07, 6.45) is -2.24. The van der Waals surface area contributed by atoms with Crippen LogP contribution in [-0.4, -0.2) is 17.7 Å². The number of nitrogens with one attached hydrogen (secondary N) is 1. The quantitative estimate of drug-likeness (QED) is 0.741. The van der Waals surface area contributed by atoms with E-state index in [1.54, 1.807) is 0 Å². The smallest absolute Gasteiger partial charge is 0.390 e. The van der Waals surface area contributed by atoms with Gasteiger partial charge < -0.3 is 9.73 Å². The fourth-order valence-corrected chi connectivity index (χ4v) is 0.771. The molecule has 1 aromatic heterocycles. The standard InChI is InChI=1S/C7H9F3N2O/c8-7(9,10)1-2-11-3-6-4-12-5-13-6/h4-5,11H,1-3H2. The monoisotopic (exact) mass is 194 g/mol. The van der Waals surface area contributed by atoms with Gasteiger partial charge in [-0.1, -0.05) is 0 Å². The number of hydrogen-bond donors (Lipinski definition) is 1. The molecule has 0 radical (unpaired) electrons. The van der Waals surface area contributed by atoms with E-state index in [-0.39, 0.29) is 13.1 Å². The topological polar surface area (TPSA) is 38.1 Å². The van der Waals surface area contributed by atoms with E-state index in [1.165, 1.54) is 12.6 Å². The summed E-state index contributed by atoms with van der Waals surface area (Å²) in [4.78, 5) is 3.62. The molecule has 1 N–H and O–H groups in total. The molecule has 74 valence electrons. The molecule has 0 bridgehead atoms. The molecular weight excluding hydrogens is 185 g/mol. The van der Waals surface area contributed by atoms with Gasteiger partial charge in [0.1, 0.15) is 5.76 Å². The first-order valence-corrected chi connectivity index (χ1v) is 3.73. The average Bonchev–Trinajstić information content (AvgIpc) is 2.48. The first-order valence-electron chi connectivity index (χ1n) is 3.73. The van der Waals surface area contributed by atoms with Crippen molar-refractivity contribution < 1.29 is 17.6 Å². The summed E-state index contributed by atoms with van der Waals surface area (Å²) in [5.74, 6) is 0.530. The van der Waals surface area contributed by atoms with Crippen molar-refractivity contribution in [3.63, 3.8) is 0 Å². The first-order chi connectivity index (χ1) is 6.08. The zero-order valence-electron chi connectivity index (χ0n) is 6.77. The van der Waals surface area contributed by atoms with Gasteiger partial charge in [0.2, 0.25) is 0 Å². The lowest BCUT2D eigenvalue weighted by Crippen LogP contribution is -2.21. The average molecular weight is 194 g/mol. The molecule has 0 aliphatic heterocycles.